The predicted molar refractivity (Wildman–Crippen MR) is 87.5 cm³/mol. The first-order chi connectivity index (χ1) is 12.4. The Kier molecular flexibility index (Phi) is 5.08. The second-order valence-electron chi connectivity index (χ2n) is 6.00. The largest absolute Gasteiger partial charge is 0.573 e. The Morgan fingerprint density at radius 2 is 1.85 bits per heavy atom. The first-order valence-electron chi connectivity index (χ1n) is 8.04. The maximum absolute atomic E-state index is 12.2. The van der Waals surface area contributed by atoms with Crippen molar-refractivity contribution in [3.8, 4) is 17.0 Å². The number of hydrogen-bond donors (Lipinski definition) is 1. The van der Waals surface area contributed by atoms with Crippen LogP contribution in [-0.2, 0) is 6.42 Å². The topological polar surface area (TPSA) is 72.5 Å². The molecule has 6 nitrogen and oxygen atoms in total. The van der Waals surface area contributed by atoms with Crippen molar-refractivity contribution in [2.24, 2.45) is 5.92 Å². The van der Waals surface area contributed by atoms with Gasteiger partial charge in [0.05, 0.1) is 5.69 Å². The lowest BCUT2D eigenvalue weighted by Crippen LogP contribution is -2.16. The van der Waals surface area contributed by atoms with E-state index >= 15 is 0 Å². The van der Waals surface area contributed by atoms with E-state index in [1.54, 1.807) is 16.6 Å². The first-order valence-corrected chi connectivity index (χ1v) is 8.04. The quantitative estimate of drug-likeness (QED) is 0.725. The van der Waals surface area contributed by atoms with Crippen molar-refractivity contribution in [3.63, 3.8) is 0 Å². The molecule has 2 heterocycles. The average Bonchev–Trinajstić information content (AvgIpc) is 2.96. The highest BCUT2D eigenvalue weighted by Crippen LogP contribution is 2.26. The fraction of sp³-hybridized carbons (Fsp3) is 0.353. The minimum atomic E-state index is -4.72. The Morgan fingerprint density at radius 1 is 1.12 bits per heavy atom. The Balaban J connectivity index is 1.86. The van der Waals surface area contributed by atoms with E-state index in [0.717, 1.165) is 0 Å². The van der Waals surface area contributed by atoms with Gasteiger partial charge in [-0.3, -0.25) is 0 Å². The molecule has 9 heteroatoms. The van der Waals surface area contributed by atoms with E-state index in [9.17, 15) is 13.2 Å². The third kappa shape index (κ3) is 4.29. The van der Waals surface area contributed by atoms with Crippen LogP contribution in [0.25, 0.3) is 16.9 Å². The number of halogens is 3. The van der Waals surface area contributed by atoms with Crippen LogP contribution in [0.4, 0.5) is 13.2 Å². The fourth-order valence-corrected chi connectivity index (χ4v) is 2.58. The lowest BCUT2D eigenvalue weighted by molar-refractivity contribution is -0.274. The zero-order valence-corrected chi connectivity index (χ0v) is 13.9. The summed E-state index contributed by atoms with van der Waals surface area (Å²) in [6.07, 6.45) is -3.47. The predicted octanol–water partition coefficient (Wildman–Crippen LogP) is 3.25. The molecule has 0 amide bonds. The summed E-state index contributed by atoms with van der Waals surface area (Å²) in [5.41, 5.74) is 1.80. The highest BCUT2D eigenvalue weighted by atomic mass is 19.4. The van der Waals surface area contributed by atoms with Gasteiger partial charge in [-0.25, -0.2) is 0 Å². The third-order valence-electron chi connectivity index (χ3n) is 3.86. The zero-order valence-electron chi connectivity index (χ0n) is 13.9. The van der Waals surface area contributed by atoms with Gasteiger partial charge in [-0.05, 0) is 48.7 Å². The molecule has 0 bridgehead atoms. The summed E-state index contributed by atoms with van der Waals surface area (Å²) in [6, 6.07) is 8.97. The molecule has 3 rings (SSSR count). The molecule has 0 saturated carbocycles. The number of aromatic nitrogens is 4. The maximum atomic E-state index is 12.2. The summed E-state index contributed by atoms with van der Waals surface area (Å²) in [4.78, 5) is 0. The third-order valence-corrected chi connectivity index (χ3v) is 3.86. The minimum Gasteiger partial charge on any atom is -0.406 e. The number of aliphatic hydroxyl groups is 1. The Morgan fingerprint density at radius 3 is 2.50 bits per heavy atom. The molecule has 0 saturated heterocycles. The van der Waals surface area contributed by atoms with E-state index in [1.807, 2.05) is 6.92 Å². The van der Waals surface area contributed by atoms with E-state index in [0.29, 0.717) is 35.6 Å². The highest BCUT2D eigenvalue weighted by molar-refractivity contribution is 5.61. The smallest absolute Gasteiger partial charge is 0.406 e. The molecule has 1 atom stereocenters. The van der Waals surface area contributed by atoms with Crippen molar-refractivity contribution in [2.75, 3.05) is 6.61 Å². The normalized spacial score (nSPS) is 13.1. The number of fused-ring (bicyclic) bond motifs is 1. The number of alkyl halides is 3. The van der Waals surface area contributed by atoms with Crippen LogP contribution in [0.3, 0.4) is 0 Å². The summed E-state index contributed by atoms with van der Waals surface area (Å²) in [7, 11) is 0. The van der Waals surface area contributed by atoms with E-state index in [2.05, 4.69) is 20.0 Å². The SMILES string of the molecule is CC(CCO)Cc1nnc2ccc(-c3ccc(OC(F)(F)F)cc3)nn12. The fourth-order valence-electron chi connectivity index (χ4n) is 2.58. The van der Waals surface area contributed by atoms with Gasteiger partial charge in [0.2, 0.25) is 0 Å². The summed E-state index contributed by atoms with van der Waals surface area (Å²) in [5, 5.41) is 21.7. The Hall–Kier alpha value is -2.68. The van der Waals surface area contributed by atoms with Gasteiger partial charge in [-0.15, -0.1) is 23.4 Å². The second-order valence-corrected chi connectivity index (χ2v) is 6.00. The molecule has 1 N–H and O–H groups in total. The summed E-state index contributed by atoms with van der Waals surface area (Å²) in [5.74, 6) is 0.599. The van der Waals surface area contributed by atoms with Crippen LogP contribution >= 0.6 is 0 Å². The van der Waals surface area contributed by atoms with Gasteiger partial charge in [-0.1, -0.05) is 6.92 Å². The van der Waals surface area contributed by atoms with E-state index in [4.69, 9.17) is 5.11 Å². The van der Waals surface area contributed by atoms with Crippen molar-refractivity contribution in [2.45, 2.75) is 26.1 Å². The molecule has 138 valence electrons. The van der Waals surface area contributed by atoms with Crippen molar-refractivity contribution >= 4 is 5.65 Å². The van der Waals surface area contributed by atoms with Gasteiger partial charge in [0.25, 0.3) is 0 Å². The van der Waals surface area contributed by atoms with Crippen LogP contribution < -0.4 is 4.74 Å². The van der Waals surface area contributed by atoms with Gasteiger partial charge < -0.3 is 9.84 Å². The lowest BCUT2D eigenvalue weighted by atomic mass is 10.0. The van der Waals surface area contributed by atoms with Crippen LogP contribution in [-0.4, -0.2) is 37.9 Å². The number of ether oxygens (including phenoxy) is 1. The molecule has 0 aliphatic rings. The average molecular weight is 366 g/mol. The molecule has 0 radical (unpaired) electrons. The van der Waals surface area contributed by atoms with Crippen LogP contribution in [0.5, 0.6) is 5.75 Å². The van der Waals surface area contributed by atoms with Crippen molar-refractivity contribution in [3.05, 3.63) is 42.2 Å². The number of aliphatic hydroxyl groups excluding tert-OH is 1. The Labute approximate surface area is 147 Å². The van der Waals surface area contributed by atoms with E-state index in [1.165, 1.54) is 24.3 Å². The summed E-state index contributed by atoms with van der Waals surface area (Å²) >= 11 is 0. The first kappa shape index (κ1) is 18.1. The molecule has 1 aromatic carbocycles. The molecular weight excluding hydrogens is 349 g/mol. The van der Waals surface area contributed by atoms with Crippen LogP contribution in [0, 0.1) is 5.92 Å². The molecule has 2 aromatic heterocycles. The van der Waals surface area contributed by atoms with Crippen molar-refractivity contribution in [1.82, 2.24) is 19.8 Å². The van der Waals surface area contributed by atoms with Gasteiger partial charge in [0, 0.05) is 18.6 Å². The van der Waals surface area contributed by atoms with Crippen molar-refractivity contribution < 1.29 is 23.0 Å². The molecule has 0 aliphatic heterocycles. The minimum absolute atomic E-state index is 0.100. The molecular formula is C17H17F3N4O2. The molecule has 0 spiro atoms. The summed E-state index contributed by atoms with van der Waals surface area (Å²) < 4.78 is 42.2. The molecule has 26 heavy (non-hydrogen) atoms. The monoisotopic (exact) mass is 366 g/mol. The van der Waals surface area contributed by atoms with Crippen LogP contribution in [0.1, 0.15) is 19.2 Å². The molecule has 3 aromatic rings. The van der Waals surface area contributed by atoms with Gasteiger partial charge >= 0.3 is 6.36 Å². The number of hydrogen-bond acceptors (Lipinski definition) is 5. The number of benzene rings is 1. The molecule has 0 fully saturated rings. The Bertz CT molecular complexity index is 878. The van der Waals surface area contributed by atoms with Gasteiger partial charge in [0.15, 0.2) is 11.5 Å². The zero-order chi connectivity index (χ0) is 18.7. The number of rotatable bonds is 6. The maximum Gasteiger partial charge on any atom is 0.573 e. The van der Waals surface area contributed by atoms with E-state index < -0.39 is 6.36 Å². The van der Waals surface area contributed by atoms with Gasteiger partial charge in [-0.2, -0.15) is 9.61 Å². The van der Waals surface area contributed by atoms with Crippen LogP contribution in [0.2, 0.25) is 0 Å². The van der Waals surface area contributed by atoms with E-state index in [-0.39, 0.29) is 18.3 Å². The highest BCUT2D eigenvalue weighted by Gasteiger charge is 2.31. The number of nitrogens with zero attached hydrogens (tertiary/aromatic N) is 4. The van der Waals surface area contributed by atoms with Crippen molar-refractivity contribution in [1.29, 1.82) is 0 Å². The molecule has 0 aliphatic carbocycles. The van der Waals surface area contributed by atoms with Gasteiger partial charge in [0.1, 0.15) is 5.75 Å². The van der Waals surface area contributed by atoms with Crippen LogP contribution in [0.15, 0.2) is 36.4 Å². The molecule has 1 unspecified atom stereocenters. The second kappa shape index (κ2) is 7.28. The standard InChI is InChI=1S/C17H17F3N4O2/c1-11(8-9-25)10-16-22-21-15-7-6-14(23-24(15)16)12-2-4-13(5-3-12)26-17(18,19)20/h2-7,11,25H,8-10H2,1H3. The lowest BCUT2D eigenvalue weighted by Gasteiger charge is -2.10. The summed E-state index contributed by atoms with van der Waals surface area (Å²) in [6.45, 7) is 2.10.